The molecule has 0 saturated heterocycles. The number of benzene rings is 3. The number of para-hydroxylation sites is 1. The molecule has 8 nitrogen and oxygen atoms in total. The number of methoxy groups -OCH3 is 2. The third-order valence-electron chi connectivity index (χ3n) is 5.37. The highest BCUT2D eigenvalue weighted by molar-refractivity contribution is 7.92. The van der Waals surface area contributed by atoms with E-state index in [-0.39, 0.29) is 24.1 Å². The largest absolute Gasteiger partial charge is 0.496 e. The fourth-order valence-corrected chi connectivity index (χ4v) is 5.11. The molecule has 0 aliphatic carbocycles. The number of aryl methyl sites for hydroxylation is 1. The monoisotopic (exact) mass is 512 g/mol. The predicted molar refractivity (Wildman–Crippen MR) is 139 cm³/mol. The minimum atomic E-state index is -4.03. The minimum absolute atomic E-state index is 0.00939. The molecule has 0 aromatic heterocycles. The molecule has 3 rings (SSSR count). The van der Waals surface area contributed by atoms with Gasteiger partial charge >= 0.3 is 0 Å². The SMILES string of the molecule is COc1ccc(S(=O)(=O)N(CC(=O)NCc2ccc(OC(C)C)c(OC)c2)c2ccccc2)cc1C. The quantitative estimate of drug-likeness (QED) is 0.412. The van der Waals surface area contributed by atoms with Crippen molar-refractivity contribution in [1.82, 2.24) is 5.32 Å². The number of nitrogens with one attached hydrogen (secondary N) is 1. The second kappa shape index (κ2) is 11.8. The van der Waals surface area contributed by atoms with Gasteiger partial charge in [0.15, 0.2) is 11.5 Å². The Bertz CT molecular complexity index is 1290. The van der Waals surface area contributed by atoms with Crippen LogP contribution in [-0.4, -0.2) is 41.2 Å². The molecule has 0 fully saturated rings. The number of carbonyl (C=O) groups is 1. The van der Waals surface area contributed by atoms with Crippen LogP contribution in [0.4, 0.5) is 5.69 Å². The van der Waals surface area contributed by atoms with E-state index in [2.05, 4.69) is 5.32 Å². The Balaban J connectivity index is 1.81. The normalized spacial score (nSPS) is 11.2. The second-order valence-corrected chi connectivity index (χ2v) is 10.3. The lowest BCUT2D eigenvalue weighted by Crippen LogP contribution is -2.40. The average Bonchev–Trinajstić information content (AvgIpc) is 2.86. The molecule has 3 aromatic rings. The Labute approximate surface area is 212 Å². The van der Waals surface area contributed by atoms with E-state index in [9.17, 15) is 13.2 Å². The van der Waals surface area contributed by atoms with Gasteiger partial charge in [0.05, 0.1) is 30.9 Å². The van der Waals surface area contributed by atoms with E-state index < -0.39 is 15.9 Å². The summed E-state index contributed by atoms with van der Waals surface area (Å²) in [5.74, 6) is 1.30. The number of hydrogen-bond donors (Lipinski definition) is 1. The van der Waals surface area contributed by atoms with Crippen LogP contribution in [0.25, 0.3) is 0 Å². The van der Waals surface area contributed by atoms with Crippen LogP contribution in [0.2, 0.25) is 0 Å². The smallest absolute Gasteiger partial charge is 0.264 e. The van der Waals surface area contributed by atoms with Gasteiger partial charge in [-0.25, -0.2) is 8.42 Å². The van der Waals surface area contributed by atoms with E-state index in [0.29, 0.717) is 28.5 Å². The maximum absolute atomic E-state index is 13.6. The van der Waals surface area contributed by atoms with Crippen LogP contribution in [0, 0.1) is 6.92 Å². The van der Waals surface area contributed by atoms with Gasteiger partial charge in [0.1, 0.15) is 12.3 Å². The molecule has 0 spiro atoms. The molecule has 9 heteroatoms. The summed E-state index contributed by atoms with van der Waals surface area (Å²) in [6.07, 6.45) is -0.00939. The Morgan fingerprint density at radius 3 is 2.19 bits per heavy atom. The van der Waals surface area contributed by atoms with Gasteiger partial charge in [-0.2, -0.15) is 0 Å². The van der Waals surface area contributed by atoms with Crippen molar-refractivity contribution in [2.24, 2.45) is 0 Å². The molecule has 0 aliphatic heterocycles. The Kier molecular flexibility index (Phi) is 8.82. The standard InChI is InChI=1S/C27H32N2O6S/c1-19(2)35-25-13-11-21(16-26(25)34-5)17-28-27(30)18-29(22-9-7-6-8-10-22)36(31,32)23-12-14-24(33-4)20(3)15-23/h6-16,19H,17-18H2,1-5H3,(H,28,30). The van der Waals surface area contributed by atoms with Crippen molar-refractivity contribution in [1.29, 1.82) is 0 Å². The highest BCUT2D eigenvalue weighted by Crippen LogP contribution is 2.29. The van der Waals surface area contributed by atoms with Gasteiger partial charge in [-0.05, 0) is 74.4 Å². The van der Waals surface area contributed by atoms with Crippen LogP contribution < -0.4 is 23.8 Å². The Morgan fingerprint density at radius 1 is 0.917 bits per heavy atom. The third kappa shape index (κ3) is 6.48. The summed E-state index contributed by atoms with van der Waals surface area (Å²) in [7, 11) is -0.952. The molecule has 0 saturated carbocycles. The molecular formula is C27H32N2O6S. The number of hydrogen-bond acceptors (Lipinski definition) is 6. The highest BCUT2D eigenvalue weighted by atomic mass is 32.2. The first-order valence-corrected chi connectivity index (χ1v) is 12.9. The zero-order valence-electron chi connectivity index (χ0n) is 21.1. The van der Waals surface area contributed by atoms with Gasteiger partial charge in [0.2, 0.25) is 5.91 Å². The lowest BCUT2D eigenvalue weighted by molar-refractivity contribution is -0.119. The summed E-state index contributed by atoms with van der Waals surface area (Å²) < 4.78 is 44.6. The Morgan fingerprint density at radius 2 is 1.58 bits per heavy atom. The number of amides is 1. The van der Waals surface area contributed by atoms with Gasteiger partial charge < -0.3 is 19.5 Å². The van der Waals surface area contributed by atoms with E-state index in [4.69, 9.17) is 14.2 Å². The minimum Gasteiger partial charge on any atom is -0.496 e. The molecule has 0 aliphatic rings. The van der Waals surface area contributed by atoms with Crippen molar-refractivity contribution in [3.05, 3.63) is 77.9 Å². The average molecular weight is 513 g/mol. The summed E-state index contributed by atoms with van der Waals surface area (Å²) in [6.45, 7) is 5.43. The lowest BCUT2D eigenvalue weighted by Gasteiger charge is -2.24. The van der Waals surface area contributed by atoms with Crippen molar-refractivity contribution in [3.63, 3.8) is 0 Å². The van der Waals surface area contributed by atoms with Crippen molar-refractivity contribution in [2.45, 2.75) is 38.3 Å². The van der Waals surface area contributed by atoms with E-state index >= 15 is 0 Å². The molecule has 0 unspecified atom stereocenters. The lowest BCUT2D eigenvalue weighted by atomic mass is 10.2. The summed E-state index contributed by atoms with van der Waals surface area (Å²) in [5, 5.41) is 2.80. The van der Waals surface area contributed by atoms with E-state index in [1.165, 1.54) is 19.2 Å². The molecule has 0 radical (unpaired) electrons. The van der Waals surface area contributed by atoms with Crippen molar-refractivity contribution < 1.29 is 27.4 Å². The first kappa shape index (κ1) is 26.9. The molecule has 1 N–H and O–H groups in total. The number of carbonyl (C=O) groups excluding carboxylic acids is 1. The third-order valence-corrected chi connectivity index (χ3v) is 7.14. The zero-order chi connectivity index (χ0) is 26.3. The fourth-order valence-electron chi connectivity index (χ4n) is 3.61. The van der Waals surface area contributed by atoms with E-state index in [1.54, 1.807) is 62.6 Å². The molecule has 0 heterocycles. The Hall–Kier alpha value is -3.72. The molecule has 0 atom stereocenters. The molecule has 1 amide bonds. The van der Waals surface area contributed by atoms with Crippen LogP contribution in [0.1, 0.15) is 25.0 Å². The number of sulfonamides is 1. The second-order valence-electron chi connectivity index (χ2n) is 8.41. The van der Waals surface area contributed by atoms with Gasteiger partial charge in [-0.15, -0.1) is 0 Å². The summed E-state index contributed by atoms with van der Waals surface area (Å²) in [5.41, 5.74) is 1.85. The number of anilines is 1. The summed E-state index contributed by atoms with van der Waals surface area (Å²) >= 11 is 0. The van der Waals surface area contributed by atoms with Crippen LogP contribution in [0.5, 0.6) is 17.2 Å². The maximum Gasteiger partial charge on any atom is 0.264 e. The number of nitrogens with zero attached hydrogens (tertiary/aromatic N) is 1. The zero-order valence-corrected chi connectivity index (χ0v) is 22.0. The van der Waals surface area contributed by atoms with Crippen LogP contribution in [0.3, 0.4) is 0 Å². The molecule has 36 heavy (non-hydrogen) atoms. The van der Waals surface area contributed by atoms with Crippen LogP contribution >= 0.6 is 0 Å². The molecule has 192 valence electrons. The topological polar surface area (TPSA) is 94.2 Å². The highest BCUT2D eigenvalue weighted by Gasteiger charge is 2.27. The molecule has 3 aromatic carbocycles. The fraction of sp³-hybridized carbons (Fsp3) is 0.296. The number of ether oxygens (including phenoxy) is 3. The van der Waals surface area contributed by atoms with Crippen molar-refractivity contribution in [2.75, 3.05) is 25.1 Å². The molecular weight excluding hydrogens is 480 g/mol. The van der Waals surface area contributed by atoms with Gasteiger partial charge in [-0.1, -0.05) is 24.3 Å². The first-order valence-electron chi connectivity index (χ1n) is 11.5. The molecule has 0 bridgehead atoms. The summed E-state index contributed by atoms with van der Waals surface area (Å²) in [4.78, 5) is 13.0. The van der Waals surface area contributed by atoms with Crippen molar-refractivity contribution >= 4 is 21.6 Å². The van der Waals surface area contributed by atoms with Crippen LogP contribution in [-0.2, 0) is 21.4 Å². The van der Waals surface area contributed by atoms with E-state index in [1.807, 2.05) is 19.9 Å². The number of rotatable bonds is 11. The van der Waals surface area contributed by atoms with Gasteiger partial charge in [-0.3, -0.25) is 9.10 Å². The summed E-state index contributed by atoms with van der Waals surface area (Å²) in [6, 6.07) is 18.5. The van der Waals surface area contributed by atoms with Gasteiger partial charge in [0, 0.05) is 6.54 Å². The van der Waals surface area contributed by atoms with Crippen molar-refractivity contribution in [3.8, 4) is 17.2 Å². The first-order chi connectivity index (χ1) is 17.1. The van der Waals surface area contributed by atoms with Crippen LogP contribution in [0.15, 0.2) is 71.6 Å². The maximum atomic E-state index is 13.6. The van der Waals surface area contributed by atoms with E-state index in [0.717, 1.165) is 9.87 Å². The van der Waals surface area contributed by atoms with Gasteiger partial charge in [0.25, 0.3) is 10.0 Å². The predicted octanol–water partition coefficient (Wildman–Crippen LogP) is 4.31.